The first-order chi connectivity index (χ1) is 4.84. The number of rotatable bonds is 1. The smallest absolute Gasteiger partial charge is 0.273 e. The third-order valence-electron chi connectivity index (χ3n) is 1.89. The summed E-state index contributed by atoms with van der Waals surface area (Å²) in [6.45, 7) is 0. The highest BCUT2D eigenvalue weighted by atomic mass is 32.2. The SMILES string of the molecule is O=S(=O)(O)C1CCCC1(O)O. The summed E-state index contributed by atoms with van der Waals surface area (Å²) < 4.78 is 29.5. The van der Waals surface area contributed by atoms with Crippen molar-refractivity contribution in [2.75, 3.05) is 0 Å². The summed E-state index contributed by atoms with van der Waals surface area (Å²) >= 11 is 0. The molecule has 0 radical (unpaired) electrons. The van der Waals surface area contributed by atoms with E-state index in [9.17, 15) is 8.42 Å². The maximum Gasteiger partial charge on any atom is 0.273 e. The Morgan fingerprint density at radius 2 is 1.91 bits per heavy atom. The van der Waals surface area contributed by atoms with E-state index in [0.717, 1.165) is 0 Å². The molecule has 1 atom stereocenters. The van der Waals surface area contributed by atoms with E-state index in [0.29, 0.717) is 6.42 Å². The fraction of sp³-hybridized carbons (Fsp3) is 1.00. The predicted octanol–water partition coefficient (Wildman–Crippen LogP) is -0.892. The van der Waals surface area contributed by atoms with Crippen LogP contribution in [-0.4, -0.2) is 34.2 Å². The molecule has 66 valence electrons. The second-order valence-corrected chi connectivity index (χ2v) is 4.37. The minimum atomic E-state index is -4.31. The fourth-order valence-electron chi connectivity index (χ4n) is 1.33. The molecule has 0 amide bonds. The molecule has 0 saturated heterocycles. The Morgan fingerprint density at radius 1 is 1.36 bits per heavy atom. The number of hydrogen-bond acceptors (Lipinski definition) is 4. The molecule has 5 nitrogen and oxygen atoms in total. The summed E-state index contributed by atoms with van der Waals surface area (Å²) in [5.74, 6) is -2.24. The van der Waals surface area contributed by atoms with Crippen molar-refractivity contribution in [3.8, 4) is 0 Å². The van der Waals surface area contributed by atoms with Crippen LogP contribution in [0.15, 0.2) is 0 Å². The Bertz CT molecular complexity index is 242. The molecule has 3 N–H and O–H groups in total. The van der Waals surface area contributed by atoms with Crippen LogP contribution in [0.4, 0.5) is 0 Å². The highest BCUT2D eigenvalue weighted by Crippen LogP contribution is 2.31. The number of hydrogen-bond donors (Lipinski definition) is 3. The predicted molar refractivity (Wildman–Crippen MR) is 36.4 cm³/mol. The zero-order valence-electron chi connectivity index (χ0n) is 5.77. The Labute approximate surface area is 64.4 Å². The van der Waals surface area contributed by atoms with Gasteiger partial charge >= 0.3 is 0 Å². The van der Waals surface area contributed by atoms with Crippen LogP contribution < -0.4 is 0 Å². The van der Waals surface area contributed by atoms with Crippen molar-refractivity contribution >= 4 is 10.1 Å². The van der Waals surface area contributed by atoms with Crippen molar-refractivity contribution in [3.05, 3.63) is 0 Å². The third-order valence-corrected chi connectivity index (χ3v) is 3.22. The normalized spacial score (nSPS) is 30.6. The van der Waals surface area contributed by atoms with Crippen LogP contribution in [-0.2, 0) is 10.1 Å². The molecule has 0 aromatic rings. The van der Waals surface area contributed by atoms with Gasteiger partial charge in [0.2, 0.25) is 0 Å². The van der Waals surface area contributed by atoms with Crippen LogP contribution in [0.25, 0.3) is 0 Å². The number of aliphatic hydroxyl groups is 2. The molecule has 1 saturated carbocycles. The van der Waals surface area contributed by atoms with Crippen molar-refractivity contribution in [1.29, 1.82) is 0 Å². The molecule has 0 aliphatic heterocycles. The first-order valence-electron chi connectivity index (χ1n) is 3.25. The Morgan fingerprint density at radius 3 is 2.09 bits per heavy atom. The maximum atomic E-state index is 10.5. The molecule has 0 heterocycles. The highest BCUT2D eigenvalue weighted by molar-refractivity contribution is 7.86. The molecule has 1 aliphatic carbocycles. The summed E-state index contributed by atoms with van der Waals surface area (Å²) in [5.41, 5.74) is 0. The van der Waals surface area contributed by atoms with E-state index in [1.54, 1.807) is 0 Å². The van der Waals surface area contributed by atoms with Gasteiger partial charge in [0.1, 0.15) is 5.25 Å². The zero-order valence-corrected chi connectivity index (χ0v) is 6.58. The molecule has 1 aliphatic rings. The monoisotopic (exact) mass is 182 g/mol. The molecule has 11 heavy (non-hydrogen) atoms. The van der Waals surface area contributed by atoms with Gasteiger partial charge in [-0.3, -0.25) is 4.55 Å². The highest BCUT2D eigenvalue weighted by Gasteiger charge is 2.46. The molecule has 1 fully saturated rings. The van der Waals surface area contributed by atoms with Crippen LogP contribution in [0, 0.1) is 0 Å². The molecular formula is C5H10O5S. The Hall–Kier alpha value is -0.170. The van der Waals surface area contributed by atoms with Gasteiger partial charge in [0, 0.05) is 6.42 Å². The molecule has 0 bridgehead atoms. The van der Waals surface area contributed by atoms with Crippen molar-refractivity contribution < 1.29 is 23.2 Å². The maximum absolute atomic E-state index is 10.5. The lowest BCUT2D eigenvalue weighted by molar-refractivity contribution is -0.150. The van der Waals surface area contributed by atoms with Gasteiger partial charge in [0.05, 0.1) is 0 Å². The van der Waals surface area contributed by atoms with E-state index < -0.39 is 21.2 Å². The molecule has 0 spiro atoms. The lowest BCUT2D eigenvalue weighted by Gasteiger charge is -2.20. The van der Waals surface area contributed by atoms with Crippen molar-refractivity contribution in [2.24, 2.45) is 0 Å². The zero-order chi connectivity index (χ0) is 8.70. The summed E-state index contributed by atoms with van der Waals surface area (Å²) in [6.07, 6.45) is 0.501. The summed E-state index contributed by atoms with van der Waals surface area (Å²) in [4.78, 5) is 0. The third kappa shape index (κ3) is 1.70. The minimum absolute atomic E-state index is 0.00252. The molecule has 1 rings (SSSR count). The standard InChI is InChI=1S/C5H10O5S/c6-5(7)3-1-2-4(5)11(8,9)10/h4,6-7H,1-3H2,(H,8,9,10). The summed E-state index contributed by atoms with van der Waals surface area (Å²) in [6, 6.07) is 0. The van der Waals surface area contributed by atoms with E-state index in [-0.39, 0.29) is 12.8 Å². The molecule has 0 aromatic carbocycles. The minimum Gasteiger partial charge on any atom is -0.364 e. The van der Waals surface area contributed by atoms with Crippen molar-refractivity contribution in [1.82, 2.24) is 0 Å². The Kier molecular flexibility index (Phi) is 1.96. The molecular weight excluding hydrogens is 172 g/mol. The van der Waals surface area contributed by atoms with Crippen molar-refractivity contribution in [2.45, 2.75) is 30.3 Å². The summed E-state index contributed by atoms with van der Waals surface area (Å²) in [7, 11) is -4.31. The van der Waals surface area contributed by atoms with E-state index in [1.165, 1.54) is 0 Å². The van der Waals surface area contributed by atoms with Gasteiger partial charge in [-0.25, -0.2) is 0 Å². The Balaban J connectivity index is 2.91. The second-order valence-electron chi connectivity index (χ2n) is 2.77. The van der Waals surface area contributed by atoms with Crippen LogP contribution >= 0.6 is 0 Å². The van der Waals surface area contributed by atoms with Crippen LogP contribution in [0.1, 0.15) is 19.3 Å². The first kappa shape index (κ1) is 8.92. The lowest BCUT2D eigenvalue weighted by Crippen LogP contribution is -2.41. The largest absolute Gasteiger partial charge is 0.364 e. The van der Waals surface area contributed by atoms with Crippen LogP contribution in [0.3, 0.4) is 0 Å². The van der Waals surface area contributed by atoms with Crippen LogP contribution in [0.2, 0.25) is 0 Å². The van der Waals surface area contributed by atoms with Crippen LogP contribution in [0.5, 0.6) is 0 Å². The van der Waals surface area contributed by atoms with E-state index in [1.807, 2.05) is 0 Å². The van der Waals surface area contributed by atoms with E-state index in [2.05, 4.69) is 0 Å². The van der Waals surface area contributed by atoms with E-state index >= 15 is 0 Å². The van der Waals surface area contributed by atoms with Crippen molar-refractivity contribution in [3.63, 3.8) is 0 Å². The van der Waals surface area contributed by atoms with Gasteiger partial charge in [-0.15, -0.1) is 0 Å². The molecule has 6 heteroatoms. The van der Waals surface area contributed by atoms with Gasteiger partial charge in [0.25, 0.3) is 10.1 Å². The van der Waals surface area contributed by atoms with E-state index in [4.69, 9.17) is 14.8 Å². The lowest BCUT2D eigenvalue weighted by atomic mass is 10.2. The quantitative estimate of drug-likeness (QED) is 0.361. The molecule has 1 unspecified atom stereocenters. The topological polar surface area (TPSA) is 94.8 Å². The molecule has 0 aromatic heterocycles. The second kappa shape index (κ2) is 2.41. The van der Waals surface area contributed by atoms with Gasteiger partial charge < -0.3 is 10.2 Å². The fourth-order valence-corrected chi connectivity index (χ4v) is 2.39. The van der Waals surface area contributed by atoms with Gasteiger partial charge in [-0.1, -0.05) is 0 Å². The average molecular weight is 182 g/mol. The van der Waals surface area contributed by atoms with Gasteiger partial charge in [0.15, 0.2) is 5.79 Å². The average Bonchev–Trinajstić information content (AvgIpc) is 2.06. The summed E-state index contributed by atoms with van der Waals surface area (Å²) in [5, 5.41) is 16.6. The van der Waals surface area contributed by atoms with Gasteiger partial charge in [-0.05, 0) is 12.8 Å². The first-order valence-corrected chi connectivity index (χ1v) is 4.75. The van der Waals surface area contributed by atoms with Gasteiger partial charge in [-0.2, -0.15) is 8.42 Å².